The summed E-state index contributed by atoms with van der Waals surface area (Å²) in [7, 11) is 0. The van der Waals surface area contributed by atoms with Gasteiger partial charge in [0.05, 0.1) is 16.8 Å². The van der Waals surface area contributed by atoms with Crippen LogP contribution in [0.15, 0.2) is 0 Å². The molecule has 1 aromatic rings. The lowest BCUT2D eigenvalue weighted by Gasteiger charge is -2.20. The molecule has 0 radical (unpaired) electrons. The molecule has 0 bridgehead atoms. The molecular weight excluding hydrogens is 202 g/mol. The molecule has 0 saturated carbocycles. The average molecular weight is 216 g/mol. The molecule has 0 aliphatic heterocycles. The maximum atomic E-state index is 11.1. The third-order valence-electron chi connectivity index (χ3n) is 1.89. The van der Waals surface area contributed by atoms with Gasteiger partial charge in [-0.15, -0.1) is 0 Å². The van der Waals surface area contributed by atoms with E-state index >= 15 is 0 Å². The molecule has 0 saturated heterocycles. The quantitative estimate of drug-likeness (QED) is 0.775. The summed E-state index contributed by atoms with van der Waals surface area (Å²) in [4.78, 5) is 11.1. The first kappa shape index (κ1) is 11.0. The first-order chi connectivity index (χ1) is 6.25. The van der Waals surface area contributed by atoms with Crippen LogP contribution in [0.1, 0.15) is 36.8 Å². The molecule has 14 heavy (non-hydrogen) atoms. The Balaban J connectivity index is 3.39. The predicted octanol–water partition coefficient (Wildman–Crippen LogP) is 1.70. The van der Waals surface area contributed by atoms with Gasteiger partial charge in [0.15, 0.2) is 0 Å². The van der Waals surface area contributed by atoms with Crippen LogP contribution in [0.4, 0.5) is 0 Å². The van der Waals surface area contributed by atoms with Crippen molar-refractivity contribution in [3.8, 4) is 0 Å². The second kappa shape index (κ2) is 3.28. The minimum Gasteiger partial charge on any atom is -0.365 e. The van der Waals surface area contributed by atoms with Crippen LogP contribution in [-0.2, 0) is 5.54 Å². The van der Waals surface area contributed by atoms with Crippen LogP contribution in [-0.4, -0.2) is 15.7 Å². The van der Waals surface area contributed by atoms with Crippen molar-refractivity contribution in [1.82, 2.24) is 9.78 Å². The molecule has 1 aromatic heterocycles. The first-order valence-corrected chi connectivity index (χ1v) is 4.68. The third kappa shape index (κ3) is 1.75. The summed E-state index contributed by atoms with van der Waals surface area (Å²) in [6, 6.07) is 0. The molecule has 0 spiro atoms. The predicted molar refractivity (Wildman–Crippen MR) is 55.5 cm³/mol. The number of rotatable bonds is 1. The number of aryl methyl sites for hydroxylation is 1. The van der Waals surface area contributed by atoms with E-state index in [1.807, 2.05) is 20.8 Å². The maximum absolute atomic E-state index is 11.1. The van der Waals surface area contributed by atoms with E-state index in [-0.39, 0.29) is 5.54 Å². The highest BCUT2D eigenvalue weighted by Crippen LogP contribution is 2.25. The fraction of sp³-hybridized carbons (Fsp3) is 0.556. The zero-order valence-electron chi connectivity index (χ0n) is 8.76. The zero-order chi connectivity index (χ0) is 11.1. The van der Waals surface area contributed by atoms with Gasteiger partial charge in [-0.2, -0.15) is 5.10 Å². The van der Waals surface area contributed by atoms with Crippen molar-refractivity contribution in [3.63, 3.8) is 0 Å². The van der Waals surface area contributed by atoms with Crippen LogP contribution in [0.5, 0.6) is 0 Å². The van der Waals surface area contributed by atoms with Gasteiger partial charge in [0.25, 0.3) is 5.91 Å². The van der Waals surface area contributed by atoms with Crippen molar-refractivity contribution in [2.75, 3.05) is 0 Å². The minimum atomic E-state index is -0.539. The summed E-state index contributed by atoms with van der Waals surface area (Å²) in [6.45, 7) is 7.58. The van der Waals surface area contributed by atoms with Crippen molar-refractivity contribution in [3.05, 3.63) is 16.4 Å². The number of primary amides is 1. The second-order valence-corrected chi connectivity index (χ2v) is 4.56. The molecule has 0 fully saturated rings. The van der Waals surface area contributed by atoms with Gasteiger partial charge in [-0.25, -0.2) is 4.68 Å². The van der Waals surface area contributed by atoms with Crippen LogP contribution >= 0.6 is 11.6 Å². The van der Waals surface area contributed by atoms with E-state index in [9.17, 15) is 4.79 Å². The molecule has 78 valence electrons. The molecule has 1 heterocycles. The number of nitrogens with two attached hydrogens (primary N) is 1. The summed E-state index contributed by atoms with van der Waals surface area (Å²) < 4.78 is 1.60. The summed E-state index contributed by atoms with van der Waals surface area (Å²) >= 11 is 6.01. The van der Waals surface area contributed by atoms with Crippen molar-refractivity contribution >= 4 is 17.5 Å². The lowest BCUT2D eigenvalue weighted by molar-refractivity contribution is 0.1000. The van der Waals surface area contributed by atoms with E-state index in [1.54, 1.807) is 11.6 Å². The highest BCUT2D eigenvalue weighted by atomic mass is 35.5. The summed E-state index contributed by atoms with van der Waals surface area (Å²) in [6.07, 6.45) is 0. The highest BCUT2D eigenvalue weighted by Gasteiger charge is 2.24. The Hall–Kier alpha value is -1.03. The smallest absolute Gasteiger partial charge is 0.253 e. The number of carbonyl (C=O) groups excluding carboxylic acids is 1. The van der Waals surface area contributed by atoms with Gasteiger partial charge in [-0.05, 0) is 27.7 Å². The van der Waals surface area contributed by atoms with E-state index in [1.165, 1.54) is 0 Å². The van der Waals surface area contributed by atoms with Gasteiger partial charge < -0.3 is 5.73 Å². The number of amides is 1. The number of hydrogen-bond acceptors (Lipinski definition) is 2. The number of carbonyl (C=O) groups is 1. The number of hydrogen-bond donors (Lipinski definition) is 1. The van der Waals surface area contributed by atoms with Crippen molar-refractivity contribution < 1.29 is 4.79 Å². The van der Waals surface area contributed by atoms with Gasteiger partial charge in [-0.1, -0.05) is 11.6 Å². The van der Waals surface area contributed by atoms with Gasteiger partial charge in [0, 0.05) is 0 Å². The molecule has 0 aliphatic carbocycles. The normalized spacial score (nSPS) is 11.8. The highest BCUT2D eigenvalue weighted by molar-refractivity contribution is 6.33. The molecule has 5 heteroatoms. The Morgan fingerprint density at radius 3 is 2.21 bits per heavy atom. The molecule has 1 amide bonds. The zero-order valence-corrected chi connectivity index (χ0v) is 9.51. The van der Waals surface area contributed by atoms with Gasteiger partial charge >= 0.3 is 0 Å². The topological polar surface area (TPSA) is 60.9 Å². The fourth-order valence-corrected chi connectivity index (χ4v) is 1.74. The number of halogens is 1. The molecule has 4 nitrogen and oxygen atoms in total. The molecular formula is C9H14ClN3O. The Morgan fingerprint density at radius 1 is 1.50 bits per heavy atom. The molecule has 0 unspecified atom stereocenters. The van der Waals surface area contributed by atoms with E-state index in [4.69, 9.17) is 17.3 Å². The average Bonchev–Trinajstić information content (AvgIpc) is 2.24. The van der Waals surface area contributed by atoms with Gasteiger partial charge in [0.2, 0.25) is 0 Å². The monoisotopic (exact) mass is 215 g/mol. The Bertz CT molecular complexity index is 376. The van der Waals surface area contributed by atoms with Crippen LogP contribution in [0, 0.1) is 6.92 Å². The summed E-state index contributed by atoms with van der Waals surface area (Å²) in [5.74, 6) is -0.539. The van der Waals surface area contributed by atoms with Gasteiger partial charge in [-0.3, -0.25) is 4.79 Å². The second-order valence-electron chi connectivity index (χ2n) is 4.20. The molecule has 0 aliphatic rings. The lowest BCUT2D eigenvalue weighted by Crippen LogP contribution is -2.23. The standard InChI is InChI=1S/C9H14ClN3O/c1-5-6(8(11)14)7(10)13(12-5)9(2,3)4/h1-4H3,(H2,11,14). The molecule has 0 atom stereocenters. The summed E-state index contributed by atoms with van der Waals surface area (Å²) in [5.41, 5.74) is 5.81. The number of aromatic nitrogens is 2. The molecule has 0 aromatic carbocycles. The lowest BCUT2D eigenvalue weighted by atomic mass is 10.1. The summed E-state index contributed by atoms with van der Waals surface area (Å²) in [5, 5.41) is 4.49. The van der Waals surface area contributed by atoms with E-state index in [0.717, 1.165) is 0 Å². The SMILES string of the molecule is Cc1nn(C(C)(C)C)c(Cl)c1C(N)=O. The fourth-order valence-electron chi connectivity index (χ4n) is 1.22. The minimum absolute atomic E-state index is 0.254. The van der Waals surface area contributed by atoms with Crippen molar-refractivity contribution in [1.29, 1.82) is 0 Å². The number of nitrogens with zero attached hydrogens (tertiary/aromatic N) is 2. The van der Waals surface area contributed by atoms with Crippen molar-refractivity contribution in [2.45, 2.75) is 33.2 Å². The van der Waals surface area contributed by atoms with Crippen LogP contribution in [0.2, 0.25) is 5.15 Å². The molecule has 2 N–H and O–H groups in total. The van der Waals surface area contributed by atoms with E-state index in [2.05, 4.69) is 5.10 Å². The van der Waals surface area contributed by atoms with Crippen LogP contribution < -0.4 is 5.73 Å². The molecule has 1 rings (SSSR count). The van der Waals surface area contributed by atoms with Gasteiger partial charge in [0.1, 0.15) is 5.15 Å². The Kier molecular flexibility index (Phi) is 2.58. The van der Waals surface area contributed by atoms with Crippen molar-refractivity contribution in [2.24, 2.45) is 5.73 Å². The first-order valence-electron chi connectivity index (χ1n) is 4.30. The van der Waals surface area contributed by atoms with E-state index < -0.39 is 5.91 Å². The maximum Gasteiger partial charge on any atom is 0.253 e. The largest absolute Gasteiger partial charge is 0.365 e. The van der Waals surface area contributed by atoms with Crippen LogP contribution in [0.3, 0.4) is 0 Å². The van der Waals surface area contributed by atoms with E-state index in [0.29, 0.717) is 16.4 Å². The Morgan fingerprint density at radius 2 is 2.00 bits per heavy atom. The third-order valence-corrected chi connectivity index (χ3v) is 2.23. The van der Waals surface area contributed by atoms with Crippen LogP contribution in [0.25, 0.3) is 0 Å². The Labute approximate surface area is 88.0 Å².